The molecule has 62 valence electrons. The zero-order valence-corrected chi connectivity index (χ0v) is 8.28. The van der Waals surface area contributed by atoms with E-state index in [4.69, 9.17) is 16.1 Å². The van der Waals surface area contributed by atoms with Gasteiger partial charge in [-0.2, -0.15) is 0 Å². The summed E-state index contributed by atoms with van der Waals surface area (Å²) in [6.45, 7) is 5.35. The first-order valence-electron chi connectivity index (χ1n) is 3.29. The van der Waals surface area contributed by atoms with Gasteiger partial charge in [-0.3, -0.25) is 4.57 Å². The summed E-state index contributed by atoms with van der Waals surface area (Å²) in [7, 11) is -2.38. The molecule has 1 atom stereocenters. The number of hydrogen-bond acceptors (Lipinski definition) is 2. The summed E-state index contributed by atoms with van der Waals surface area (Å²) >= 11 is 5.42. The Hall–Kier alpha value is 0.480. The van der Waals surface area contributed by atoms with Gasteiger partial charge in [0.1, 0.15) is 0 Å². The topological polar surface area (TPSA) is 26.3 Å². The van der Waals surface area contributed by atoms with E-state index in [0.717, 1.165) is 0 Å². The molecule has 0 aromatic heterocycles. The second-order valence-corrected chi connectivity index (χ2v) is 5.65. The lowest BCUT2D eigenvalue weighted by atomic mass is 10.5. The van der Waals surface area contributed by atoms with Crippen molar-refractivity contribution in [3.8, 4) is 0 Å². The summed E-state index contributed by atoms with van der Waals surface area (Å²) in [5.74, 6) is 0.403. The molecule has 0 radical (unpaired) electrons. The van der Waals surface area contributed by atoms with Gasteiger partial charge in [-0.15, -0.1) is 11.6 Å². The van der Waals surface area contributed by atoms with Gasteiger partial charge in [-0.1, -0.05) is 0 Å². The molecule has 0 saturated heterocycles. The zero-order valence-electron chi connectivity index (χ0n) is 6.63. The maximum absolute atomic E-state index is 11.3. The van der Waals surface area contributed by atoms with Crippen LogP contribution in [0.25, 0.3) is 0 Å². The van der Waals surface area contributed by atoms with E-state index < -0.39 is 7.37 Å². The van der Waals surface area contributed by atoms with Crippen molar-refractivity contribution >= 4 is 19.0 Å². The average molecular weight is 185 g/mol. The molecule has 10 heavy (non-hydrogen) atoms. The second kappa shape index (κ2) is 4.38. The molecule has 0 saturated carbocycles. The van der Waals surface area contributed by atoms with E-state index in [1.165, 1.54) is 0 Å². The zero-order chi connectivity index (χ0) is 8.20. The lowest BCUT2D eigenvalue weighted by Gasteiger charge is -2.14. The molecule has 0 rings (SSSR count). The lowest BCUT2D eigenvalue weighted by Crippen LogP contribution is -2.02. The molecule has 0 heterocycles. The van der Waals surface area contributed by atoms with Crippen LogP contribution in [0.1, 0.15) is 13.8 Å². The van der Waals surface area contributed by atoms with Crippen LogP contribution in [-0.4, -0.2) is 24.8 Å². The molecule has 0 aromatic carbocycles. The molecular weight excluding hydrogens is 170 g/mol. The Labute approximate surface area is 67.4 Å². The number of halogens is 1. The summed E-state index contributed by atoms with van der Waals surface area (Å²) in [5, 5.41) is 0. The van der Waals surface area contributed by atoms with E-state index in [2.05, 4.69) is 0 Å². The lowest BCUT2D eigenvalue weighted by molar-refractivity contribution is 0.247. The van der Waals surface area contributed by atoms with Gasteiger partial charge in [0.05, 0.1) is 6.10 Å². The van der Waals surface area contributed by atoms with Crippen LogP contribution in [0.3, 0.4) is 0 Å². The Kier molecular flexibility index (Phi) is 4.59. The second-order valence-electron chi connectivity index (χ2n) is 2.58. The number of alkyl halides is 1. The highest BCUT2D eigenvalue weighted by molar-refractivity contribution is 7.58. The van der Waals surface area contributed by atoms with E-state index >= 15 is 0 Å². The van der Waals surface area contributed by atoms with Gasteiger partial charge in [0.25, 0.3) is 0 Å². The molecule has 0 N–H and O–H groups in total. The van der Waals surface area contributed by atoms with E-state index in [0.29, 0.717) is 12.0 Å². The Morgan fingerprint density at radius 3 is 2.40 bits per heavy atom. The fourth-order valence-corrected chi connectivity index (χ4v) is 2.88. The van der Waals surface area contributed by atoms with Gasteiger partial charge in [-0.05, 0) is 13.8 Å². The Morgan fingerprint density at radius 1 is 1.60 bits per heavy atom. The number of hydrogen-bond donors (Lipinski definition) is 0. The molecule has 0 spiro atoms. The number of rotatable bonds is 4. The molecule has 4 heteroatoms. The van der Waals surface area contributed by atoms with Crippen molar-refractivity contribution in [3.63, 3.8) is 0 Å². The van der Waals surface area contributed by atoms with Crippen molar-refractivity contribution in [2.75, 3.05) is 18.7 Å². The Balaban J connectivity index is 3.75. The predicted octanol–water partition coefficient (Wildman–Crippen LogP) is 2.56. The van der Waals surface area contributed by atoms with E-state index in [1.807, 2.05) is 13.8 Å². The Bertz CT molecular complexity index is 136. The third-order valence-electron chi connectivity index (χ3n) is 0.924. The van der Waals surface area contributed by atoms with Crippen LogP contribution in [0.4, 0.5) is 0 Å². The van der Waals surface area contributed by atoms with Gasteiger partial charge in [0.2, 0.25) is 7.37 Å². The predicted molar refractivity (Wildman–Crippen MR) is 45.3 cm³/mol. The van der Waals surface area contributed by atoms with Gasteiger partial charge in [0.15, 0.2) is 0 Å². The summed E-state index contributed by atoms with van der Waals surface area (Å²) in [6, 6.07) is 0. The molecule has 0 aliphatic carbocycles. The monoisotopic (exact) mass is 184 g/mol. The van der Waals surface area contributed by atoms with Crippen molar-refractivity contribution in [3.05, 3.63) is 0 Å². The minimum absolute atomic E-state index is 0.0269. The fraction of sp³-hybridized carbons (Fsp3) is 1.00. The van der Waals surface area contributed by atoms with Crippen LogP contribution in [0.2, 0.25) is 0 Å². The smallest absolute Gasteiger partial charge is 0.201 e. The van der Waals surface area contributed by atoms with Crippen molar-refractivity contribution in [2.24, 2.45) is 0 Å². The molecule has 2 nitrogen and oxygen atoms in total. The van der Waals surface area contributed by atoms with Crippen LogP contribution in [0, 0.1) is 0 Å². The largest absolute Gasteiger partial charge is 0.326 e. The molecule has 0 aliphatic rings. The molecular formula is C6H14ClO2P. The van der Waals surface area contributed by atoms with Crippen molar-refractivity contribution < 1.29 is 9.09 Å². The van der Waals surface area contributed by atoms with Crippen LogP contribution in [0.5, 0.6) is 0 Å². The standard InChI is InChI=1S/C6H14ClO2P/c1-6(2)9-10(3,8)5-4-7/h6H,4-5H2,1-3H3/t10-/m0/s1. The van der Waals surface area contributed by atoms with Crippen molar-refractivity contribution in [1.82, 2.24) is 0 Å². The minimum atomic E-state index is -2.38. The molecule has 0 aliphatic heterocycles. The van der Waals surface area contributed by atoms with Gasteiger partial charge in [-0.25, -0.2) is 0 Å². The average Bonchev–Trinajstić information content (AvgIpc) is 1.59. The normalized spacial score (nSPS) is 17.3. The van der Waals surface area contributed by atoms with Gasteiger partial charge < -0.3 is 4.52 Å². The highest BCUT2D eigenvalue weighted by atomic mass is 35.5. The van der Waals surface area contributed by atoms with Crippen LogP contribution in [0.15, 0.2) is 0 Å². The first-order valence-corrected chi connectivity index (χ1v) is 6.08. The quantitative estimate of drug-likeness (QED) is 0.496. The van der Waals surface area contributed by atoms with Gasteiger partial charge in [0, 0.05) is 18.7 Å². The van der Waals surface area contributed by atoms with E-state index in [-0.39, 0.29) is 6.10 Å². The van der Waals surface area contributed by atoms with E-state index in [9.17, 15) is 4.57 Å². The maximum atomic E-state index is 11.3. The highest BCUT2D eigenvalue weighted by Crippen LogP contribution is 2.43. The molecule has 0 fully saturated rings. The van der Waals surface area contributed by atoms with Crippen LogP contribution >= 0.6 is 19.0 Å². The SMILES string of the molecule is CC(C)O[P@](C)(=O)CCCl. The highest BCUT2D eigenvalue weighted by Gasteiger charge is 2.15. The van der Waals surface area contributed by atoms with Crippen molar-refractivity contribution in [1.29, 1.82) is 0 Å². The molecule has 0 aromatic rings. The first-order chi connectivity index (χ1) is 4.48. The Morgan fingerprint density at radius 2 is 2.10 bits per heavy atom. The van der Waals surface area contributed by atoms with Gasteiger partial charge >= 0.3 is 0 Å². The minimum Gasteiger partial charge on any atom is -0.326 e. The summed E-state index contributed by atoms with van der Waals surface area (Å²) < 4.78 is 16.5. The summed E-state index contributed by atoms with van der Waals surface area (Å²) in [5.41, 5.74) is 0. The maximum Gasteiger partial charge on any atom is 0.201 e. The van der Waals surface area contributed by atoms with Crippen molar-refractivity contribution in [2.45, 2.75) is 20.0 Å². The molecule has 0 bridgehead atoms. The third kappa shape index (κ3) is 5.28. The van der Waals surface area contributed by atoms with E-state index in [1.54, 1.807) is 6.66 Å². The van der Waals surface area contributed by atoms with Crippen LogP contribution in [-0.2, 0) is 9.09 Å². The van der Waals surface area contributed by atoms with Crippen LogP contribution < -0.4 is 0 Å². The summed E-state index contributed by atoms with van der Waals surface area (Å²) in [6.07, 6.45) is 0.492. The summed E-state index contributed by atoms with van der Waals surface area (Å²) in [4.78, 5) is 0. The molecule has 0 amide bonds. The first kappa shape index (κ1) is 10.5. The third-order valence-corrected chi connectivity index (χ3v) is 3.28. The molecule has 0 unspecified atom stereocenters. The fourth-order valence-electron chi connectivity index (χ4n) is 0.652.